The zero-order valence-electron chi connectivity index (χ0n) is 12.0. The molecule has 0 aliphatic heterocycles. The molecule has 0 saturated heterocycles. The summed E-state index contributed by atoms with van der Waals surface area (Å²) in [6, 6.07) is 0. The third kappa shape index (κ3) is 6.70. The molecule has 0 spiro atoms. The minimum Gasteiger partial charge on any atom is -0.329 e. The van der Waals surface area contributed by atoms with E-state index in [-0.39, 0.29) is 11.0 Å². The van der Waals surface area contributed by atoms with Crippen molar-refractivity contribution in [1.82, 2.24) is 10.6 Å². The minimum absolute atomic E-state index is 0.0964. The summed E-state index contributed by atoms with van der Waals surface area (Å²) in [5.74, 6) is 0.960. The van der Waals surface area contributed by atoms with E-state index in [2.05, 4.69) is 17.6 Å². The lowest BCUT2D eigenvalue weighted by Crippen LogP contribution is -2.35. The lowest BCUT2D eigenvalue weighted by Gasteiger charge is -2.26. The number of hydrogen-bond acceptors (Lipinski definition) is 5. The summed E-state index contributed by atoms with van der Waals surface area (Å²) < 4.78 is 24.3. The maximum atomic E-state index is 12.2. The zero-order chi connectivity index (χ0) is 14.1. The van der Waals surface area contributed by atoms with Crippen LogP contribution in [0.4, 0.5) is 0 Å². The Labute approximate surface area is 117 Å². The van der Waals surface area contributed by atoms with E-state index in [1.165, 1.54) is 0 Å². The molecule has 0 amide bonds. The minimum atomic E-state index is -2.91. The van der Waals surface area contributed by atoms with E-state index >= 15 is 0 Å². The normalized spacial score (nSPS) is 24.5. The van der Waals surface area contributed by atoms with Gasteiger partial charge in [-0.15, -0.1) is 0 Å². The van der Waals surface area contributed by atoms with Crippen molar-refractivity contribution in [3.05, 3.63) is 0 Å². The summed E-state index contributed by atoms with van der Waals surface area (Å²) in [5.41, 5.74) is 5.36. The fourth-order valence-electron chi connectivity index (χ4n) is 2.50. The molecule has 4 N–H and O–H groups in total. The number of nitrogens with one attached hydrogen (secondary N) is 2. The molecule has 0 bridgehead atoms. The quantitative estimate of drug-likeness (QED) is 0.525. The second-order valence-electron chi connectivity index (χ2n) is 5.54. The largest absolute Gasteiger partial charge is 0.329 e. The molecule has 0 heterocycles. The maximum Gasteiger partial charge on any atom is 0.154 e. The van der Waals surface area contributed by atoms with Gasteiger partial charge in [0, 0.05) is 32.7 Å². The van der Waals surface area contributed by atoms with Gasteiger partial charge in [0.2, 0.25) is 0 Å². The average Bonchev–Trinajstić information content (AvgIpc) is 2.38. The van der Waals surface area contributed by atoms with E-state index in [9.17, 15) is 8.42 Å². The lowest BCUT2D eigenvalue weighted by atomic mass is 9.91. The summed E-state index contributed by atoms with van der Waals surface area (Å²) in [5, 5.41) is 6.23. The van der Waals surface area contributed by atoms with E-state index < -0.39 is 9.84 Å². The van der Waals surface area contributed by atoms with Crippen LogP contribution in [0.2, 0.25) is 0 Å². The summed E-state index contributed by atoms with van der Waals surface area (Å²) in [7, 11) is -2.91. The van der Waals surface area contributed by atoms with Gasteiger partial charge in [-0.25, -0.2) is 8.42 Å². The highest BCUT2D eigenvalue weighted by atomic mass is 32.2. The van der Waals surface area contributed by atoms with Crippen LogP contribution < -0.4 is 16.4 Å². The Morgan fingerprint density at radius 3 is 2.16 bits per heavy atom. The number of nitrogens with two attached hydrogens (primary N) is 1. The SMILES string of the molecule is CC1CCC(S(=O)(=O)CCNCCNCCN)CC1. The third-order valence-electron chi connectivity index (χ3n) is 3.83. The Kier molecular flexibility index (Phi) is 7.90. The van der Waals surface area contributed by atoms with Crippen LogP contribution in [0.1, 0.15) is 32.6 Å². The second kappa shape index (κ2) is 8.89. The predicted molar refractivity (Wildman–Crippen MR) is 80.0 cm³/mol. The number of sulfone groups is 1. The van der Waals surface area contributed by atoms with Gasteiger partial charge in [-0.2, -0.15) is 0 Å². The molecule has 6 heteroatoms. The van der Waals surface area contributed by atoms with Gasteiger partial charge in [-0.3, -0.25) is 0 Å². The van der Waals surface area contributed by atoms with Crippen LogP contribution >= 0.6 is 0 Å². The molecule has 0 aromatic heterocycles. The van der Waals surface area contributed by atoms with Crippen molar-refractivity contribution >= 4 is 9.84 Å². The highest BCUT2D eigenvalue weighted by Gasteiger charge is 2.28. The van der Waals surface area contributed by atoms with Gasteiger partial charge in [0.05, 0.1) is 11.0 Å². The topological polar surface area (TPSA) is 84.2 Å². The standard InChI is InChI=1S/C13H29N3O2S/c1-12-2-4-13(5-3-12)19(17,18)11-10-16-9-8-15-7-6-14/h12-13,15-16H,2-11,14H2,1H3. The van der Waals surface area contributed by atoms with Crippen molar-refractivity contribution in [2.24, 2.45) is 11.7 Å². The first kappa shape index (κ1) is 16.9. The average molecular weight is 291 g/mol. The predicted octanol–water partition coefficient (Wildman–Crippen LogP) is 0.118. The van der Waals surface area contributed by atoms with Crippen LogP contribution in [0, 0.1) is 5.92 Å². The van der Waals surface area contributed by atoms with Crippen LogP contribution in [-0.2, 0) is 9.84 Å². The van der Waals surface area contributed by atoms with Crippen LogP contribution in [0.3, 0.4) is 0 Å². The van der Waals surface area contributed by atoms with Crippen molar-refractivity contribution in [2.45, 2.75) is 37.9 Å². The summed E-state index contributed by atoms with van der Waals surface area (Å²) >= 11 is 0. The van der Waals surface area contributed by atoms with Gasteiger partial charge >= 0.3 is 0 Å². The first-order chi connectivity index (χ1) is 9.06. The molecule has 0 atom stereocenters. The third-order valence-corrected chi connectivity index (χ3v) is 6.09. The Morgan fingerprint density at radius 1 is 1.00 bits per heavy atom. The Balaban J connectivity index is 2.13. The highest BCUT2D eigenvalue weighted by molar-refractivity contribution is 7.92. The highest BCUT2D eigenvalue weighted by Crippen LogP contribution is 2.28. The van der Waals surface area contributed by atoms with Crippen molar-refractivity contribution < 1.29 is 8.42 Å². The van der Waals surface area contributed by atoms with E-state index in [0.29, 0.717) is 19.0 Å². The summed E-state index contributed by atoms with van der Waals surface area (Å²) in [6.45, 7) is 5.82. The molecule has 1 aliphatic rings. The van der Waals surface area contributed by atoms with E-state index in [0.717, 1.165) is 45.3 Å². The number of rotatable bonds is 9. The first-order valence-electron chi connectivity index (χ1n) is 7.39. The smallest absolute Gasteiger partial charge is 0.154 e. The van der Waals surface area contributed by atoms with Gasteiger partial charge in [0.1, 0.15) is 0 Å². The molecule has 1 fully saturated rings. The van der Waals surface area contributed by atoms with Crippen molar-refractivity contribution in [3.63, 3.8) is 0 Å². The van der Waals surface area contributed by atoms with E-state index in [4.69, 9.17) is 5.73 Å². The molecular formula is C13H29N3O2S. The van der Waals surface area contributed by atoms with Crippen LogP contribution in [0.25, 0.3) is 0 Å². The molecule has 114 valence electrons. The van der Waals surface area contributed by atoms with E-state index in [1.807, 2.05) is 0 Å². The van der Waals surface area contributed by atoms with Crippen LogP contribution in [-0.4, -0.2) is 52.1 Å². The molecule has 19 heavy (non-hydrogen) atoms. The molecular weight excluding hydrogens is 262 g/mol. The molecule has 0 aromatic carbocycles. The molecule has 0 aromatic rings. The van der Waals surface area contributed by atoms with Crippen molar-refractivity contribution in [3.8, 4) is 0 Å². The Hall–Kier alpha value is -0.170. The molecule has 0 unspecified atom stereocenters. The van der Waals surface area contributed by atoms with Crippen LogP contribution in [0.5, 0.6) is 0 Å². The van der Waals surface area contributed by atoms with Gasteiger partial charge in [0.15, 0.2) is 9.84 Å². The molecule has 1 aliphatic carbocycles. The summed E-state index contributed by atoms with van der Waals surface area (Å²) in [4.78, 5) is 0. The molecule has 5 nitrogen and oxygen atoms in total. The molecule has 1 saturated carbocycles. The fraction of sp³-hybridized carbons (Fsp3) is 1.00. The van der Waals surface area contributed by atoms with Gasteiger partial charge in [-0.05, 0) is 31.6 Å². The zero-order valence-corrected chi connectivity index (χ0v) is 12.8. The molecule has 1 rings (SSSR count). The Bertz CT molecular complexity index is 325. The van der Waals surface area contributed by atoms with E-state index in [1.54, 1.807) is 0 Å². The fourth-order valence-corrected chi connectivity index (χ4v) is 4.25. The number of hydrogen-bond donors (Lipinski definition) is 3. The Morgan fingerprint density at radius 2 is 1.58 bits per heavy atom. The van der Waals surface area contributed by atoms with Crippen LogP contribution in [0.15, 0.2) is 0 Å². The van der Waals surface area contributed by atoms with Crippen molar-refractivity contribution in [1.29, 1.82) is 0 Å². The first-order valence-corrected chi connectivity index (χ1v) is 9.11. The van der Waals surface area contributed by atoms with Gasteiger partial charge in [0.25, 0.3) is 0 Å². The van der Waals surface area contributed by atoms with Crippen molar-refractivity contribution in [2.75, 3.05) is 38.5 Å². The van der Waals surface area contributed by atoms with Gasteiger partial charge in [-0.1, -0.05) is 6.92 Å². The molecule has 0 radical (unpaired) electrons. The maximum absolute atomic E-state index is 12.2. The summed E-state index contributed by atoms with van der Waals surface area (Å²) in [6.07, 6.45) is 3.81. The monoisotopic (exact) mass is 291 g/mol. The van der Waals surface area contributed by atoms with Gasteiger partial charge < -0.3 is 16.4 Å². The second-order valence-corrected chi connectivity index (χ2v) is 7.94. The lowest BCUT2D eigenvalue weighted by molar-refractivity contribution is 0.382.